The second kappa shape index (κ2) is 7.43. The molecule has 1 aromatic carbocycles. The highest BCUT2D eigenvalue weighted by Crippen LogP contribution is 2.51. The van der Waals surface area contributed by atoms with Crippen LogP contribution in [0.15, 0.2) is 18.2 Å². The maximum absolute atomic E-state index is 14.5. The van der Waals surface area contributed by atoms with E-state index in [1.165, 1.54) is 0 Å². The van der Waals surface area contributed by atoms with E-state index in [9.17, 15) is 9.18 Å². The molecule has 3 aliphatic rings. The number of carbonyl (C=O) groups is 1. The van der Waals surface area contributed by atoms with Crippen LogP contribution in [0.5, 0.6) is 0 Å². The summed E-state index contributed by atoms with van der Waals surface area (Å²) in [5.74, 6) is 1.40. The number of fused-ring (bicyclic) bond motifs is 1. The van der Waals surface area contributed by atoms with Crippen LogP contribution in [0, 0.1) is 23.6 Å². The summed E-state index contributed by atoms with van der Waals surface area (Å²) in [5.41, 5.74) is 0.996. The van der Waals surface area contributed by atoms with Crippen LogP contribution in [-0.2, 0) is 9.47 Å². The molecule has 7 heteroatoms. The lowest BCUT2D eigenvalue weighted by Gasteiger charge is -2.29. The van der Waals surface area contributed by atoms with Gasteiger partial charge in [-0.2, -0.15) is 0 Å². The van der Waals surface area contributed by atoms with Gasteiger partial charge in [-0.15, -0.1) is 0 Å². The maximum Gasteiger partial charge on any atom is 0.410 e. The minimum Gasteiger partial charge on any atom is -0.444 e. The average Bonchev–Trinajstić information content (AvgIpc) is 3.08. The van der Waals surface area contributed by atoms with E-state index in [4.69, 9.17) is 9.47 Å². The Morgan fingerprint density at radius 1 is 1.25 bits per heavy atom. The van der Waals surface area contributed by atoms with Crippen molar-refractivity contribution in [2.45, 2.75) is 26.4 Å². The molecule has 1 aromatic rings. The summed E-state index contributed by atoms with van der Waals surface area (Å²) in [4.78, 5) is 16.0. The Hall–Kier alpha value is -2.02. The van der Waals surface area contributed by atoms with Crippen LogP contribution in [0.25, 0.3) is 0 Å². The molecule has 2 unspecified atom stereocenters. The molecule has 1 amide bonds. The van der Waals surface area contributed by atoms with Crippen molar-refractivity contribution in [3.63, 3.8) is 0 Å². The molecule has 0 aromatic heterocycles. The van der Waals surface area contributed by atoms with Crippen LogP contribution in [-0.4, -0.2) is 62.5 Å². The van der Waals surface area contributed by atoms with Crippen molar-refractivity contribution in [3.8, 4) is 0 Å². The molecule has 1 saturated carbocycles. The van der Waals surface area contributed by atoms with Crippen LogP contribution in [0.4, 0.5) is 20.6 Å². The normalized spacial score (nSPS) is 26.8. The predicted molar refractivity (Wildman–Crippen MR) is 106 cm³/mol. The van der Waals surface area contributed by atoms with Gasteiger partial charge < -0.3 is 24.6 Å². The van der Waals surface area contributed by atoms with Gasteiger partial charge in [0.2, 0.25) is 0 Å². The van der Waals surface area contributed by atoms with Crippen molar-refractivity contribution >= 4 is 17.5 Å². The van der Waals surface area contributed by atoms with E-state index >= 15 is 0 Å². The van der Waals surface area contributed by atoms with E-state index in [0.29, 0.717) is 36.7 Å². The van der Waals surface area contributed by atoms with Gasteiger partial charge in [0.05, 0.1) is 18.9 Å². The number of rotatable bonds is 4. The van der Waals surface area contributed by atoms with Crippen LogP contribution in [0.1, 0.15) is 20.8 Å². The van der Waals surface area contributed by atoms with Crippen molar-refractivity contribution < 1.29 is 18.7 Å². The smallest absolute Gasteiger partial charge is 0.410 e. The average molecular weight is 391 g/mol. The third kappa shape index (κ3) is 4.19. The molecule has 0 spiro atoms. The topological polar surface area (TPSA) is 54.0 Å². The number of piperidine rings is 1. The zero-order valence-electron chi connectivity index (χ0n) is 16.9. The molecule has 2 atom stereocenters. The third-order valence-electron chi connectivity index (χ3n) is 5.86. The van der Waals surface area contributed by atoms with Crippen molar-refractivity contribution in [1.82, 2.24) is 4.90 Å². The van der Waals surface area contributed by atoms with Gasteiger partial charge >= 0.3 is 6.09 Å². The van der Waals surface area contributed by atoms with E-state index < -0.39 is 5.60 Å². The molecule has 2 saturated heterocycles. The van der Waals surface area contributed by atoms with Crippen LogP contribution in [0.2, 0.25) is 0 Å². The van der Waals surface area contributed by atoms with Gasteiger partial charge in [0.25, 0.3) is 0 Å². The molecule has 2 aliphatic heterocycles. The number of anilines is 2. The maximum atomic E-state index is 14.5. The molecule has 0 radical (unpaired) electrons. The zero-order chi connectivity index (χ0) is 19.9. The number of amides is 1. The Labute approximate surface area is 166 Å². The van der Waals surface area contributed by atoms with Gasteiger partial charge in [-0.1, -0.05) is 0 Å². The predicted octanol–water partition coefficient (Wildman–Crippen LogP) is 3.19. The number of hydrogen-bond acceptors (Lipinski definition) is 5. The van der Waals surface area contributed by atoms with E-state index in [1.807, 2.05) is 42.7 Å². The van der Waals surface area contributed by atoms with E-state index in [-0.39, 0.29) is 11.9 Å². The fourth-order valence-corrected chi connectivity index (χ4v) is 4.34. The first-order chi connectivity index (χ1) is 13.3. The fraction of sp³-hybridized carbons (Fsp3) is 0.667. The monoisotopic (exact) mass is 391 g/mol. The van der Waals surface area contributed by atoms with E-state index in [2.05, 4.69) is 5.32 Å². The summed E-state index contributed by atoms with van der Waals surface area (Å²) >= 11 is 0. The molecule has 1 aliphatic carbocycles. The molecule has 4 rings (SSSR count). The number of ether oxygens (including phenoxy) is 2. The first-order valence-corrected chi connectivity index (χ1v) is 10.2. The van der Waals surface area contributed by atoms with Gasteiger partial charge in [-0.3, -0.25) is 0 Å². The van der Waals surface area contributed by atoms with Crippen LogP contribution in [0.3, 0.4) is 0 Å². The molecule has 154 valence electrons. The summed E-state index contributed by atoms with van der Waals surface area (Å²) in [6, 6.07) is 5.37. The van der Waals surface area contributed by atoms with Gasteiger partial charge in [0.1, 0.15) is 11.4 Å². The number of carbonyl (C=O) groups excluding carboxylic acids is 1. The summed E-state index contributed by atoms with van der Waals surface area (Å²) < 4.78 is 25.3. The number of benzene rings is 1. The van der Waals surface area contributed by atoms with Gasteiger partial charge in [-0.05, 0) is 56.7 Å². The molecule has 0 bridgehead atoms. The Morgan fingerprint density at radius 3 is 2.54 bits per heavy atom. The van der Waals surface area contributed by atoms with Crippen molar-refractivity contribution in [3.05, 3.63) is 24.0 Å². The number of likely N-dealkylation sites (tertiary alicyclic amines) is 1. The summed E-state index contributed by atoms with van der Waals surface area (Å²) in [7, 11) is 0. The van der Waals surface area contributed by atoms with Crippen molar-refractivity contribution in [1.29, 1.82) is 0 Å². The van der Waals surface area contributed by atoms with Crippen molar-refractivity contribution in [2.75, 3.05) is 56.2 Å². The van der Waals surface area contributed by atoms with Crippen molar-refractivity contribution in [2.24, 2.45) is 17.8 Å². The first-order valence-electron chi connectivity index (χ1n) is 10.2. The molecular weight excluding hydrogens is 361 g/mol. The first kappa shape index (κ1) is 19.3. The Morgan fingerprint density at radius 2 is 1.93 bits per heavy atom. The highest BCUT2D eigenvalue weighted by molar-refractivity contribution is 5.69. The summed E-state index contributed by atoms with van der Waals surface area (Å²) in [5, 5.41) is 3.37. The lowest BCUT2D eigenvalue weighted by Crippen LogP contribution is -2.37. The lowest BCUT2D eigenvalue weighted by atomic mass is 10.2. The Kier molecular flexibility index (Phi) is 5.12. The molecular formula is C21H30FN3O3. The molecule has 3 fully saturated rings. The van der Waals surface area contributed by atoms with Gasteiger partial charge in [0.15, 0.2) is 0 Å². The Balaban J connectivity index is 1.25. The highest BCUT2D eigenvalue weighted by atomic mass is 19.1. The number of nitrogens with zero attached hydrogens (tertiary/aromatic N) is 2. The second-order valence-corrected chi connectivity index (χ2v) is 9.02. The highest BCUT2D eigenvalue weighted by Gasteiger charge is 2.56. The SMILES string of the molecule is CC(C)(C)OC(=O)N1CC2C(CNc3ccc(N4CCOCC4)c(F)c3)C2C1. The summed E-state index contributed by atoms with van der Waals surface area (Å²) in [6.45, 7) is 10.7. The second-order valence-electron chi connectivity index (χ2n) is 9.02. The lowest BCUT2D eigenvalue weighted by molar-refractivity contribution is 0.0266. The largest absolute Gasteiger partial charge is 0.444 e. The molecule has 1 N–H and O–H groups in total. The number of morpholine rings is 1. The van der Waals surface area contributed by atoms with Gasteiger partial charge in [-0.25, -0.2) is 9.18 Å². The number of hydrogen-bond donors (Lipinski definition) is 1. The summed E-state index contributed by atoms with van der Waals surface area (Å²) in [6.07, 6.45) is -0.216. The number of halogens is 1. The van der Waals surface area contributed by atoms with Crippen LogP contribution < -0.4 is 10.2 Å². The fourth-order valence-electron chi connectivity index (χ4n) is 4.34. The van der Waals surface area contributed by atoms with E-state index in [1.54, 1.807) is 6.07 Å². The molecule has 28 heavy (non-hydrogen) atoms. The molecule has 2 heterocycles. The standard InChI is InChI=1S/C21H30FN3O3/c1-21(2,3)28-20(26)25-12-16-15(17(16)13-25)11-23-14-4-5-19(18(22)10-14)24-6-8-27-9-7-24/h4-5,10,15-17,23H,6-9,11-13H2,1-3H3. The minimum atomic E-state index is -0.456. The third-order valence-corrected chi connectivity index (χ3v) is 5.86. The minimum absolute atomic E-state index is 0.195. The zero-order valence-corrected chi connectivity index (χ0v) is 16.9. The Bertz CT molecular complexity index is 718. The van der Waals surface area contributed by atoms with Gasteiger partial charge in [0, 0.05) is 38.4 Å². The quantitative estimate of drug-likeness (QED) is 0.854. The number of nitrogens with one attached hydrogen (secondary N) is 1. The van der Waals surface area contributed by atoms with E-state index in [0.717, 1.165) is 38.4 Å². The molecule has 6 nitrogen and oxygen atoms in total. The van der Waals surface area contributed by atoms with Crippen LogP contribution >= 0.6 is 0 Å².